The number of methoxy groups -OCH3 is 1. The summed E-state index contributed by atoms with van der Waals surface area (Å²) in [7, 11) is 1.19. The van der Waals surface area contributed by atoms with Gasteiger partial charge in [-0.2, -0.15) is 22.0 Å². The largest absolute Gasteiger partial charge is 0.493 e. The van der Waals surface area contributed by atoms with Crippen molar-refractivity contribution in [3.05, 3.63) is 23.8 Å². The van der Waals surface area contributed by atoms with Crippen molar-refractivity contribution in [2.75, 3.05) is 39.8 Å². The zero-order chi connectivity index (χ0) is 20.0. The van der Waals surface area contributed by atoms with Crippen molar-refractivity contribution in [2.45, 2.75) is 18.8 Å². The van der Waals surface area contributed by atoms with E-state index >= 15 is 0 Å². The number of carbonyl (C=O) groups excluding carboxylic acids is 1. The first-order chi connectivity index (χ1) is 12.7. The van der Waals surface area contributed by atoms with Crippen LogP contribution in [0.5, 0.6) is 11.5 Å². The molecular weight excluding hydrogens is 377 g/mol. The van der Waals surface area contributed by atoms with Crippen LogP contribution in [-0.2, 0) is 0 Å². The monoisotopic (exact) mass is 397 g/mol. The Morgan fingerprint density at radius 1 is 1.30 bits per heavy atom. The number of rotatable bonds is 7. The lowest BCUT2D eigenvalue weighted by atomic mass is 10.1. The predicted molar refractivity (Wildman–Crippen MR) is 86.2 cm³/mol. The molecule has 1 unspecified atom stereocenters. The highest BCUT2D eigenvalue weighted by Crippen LogP contribution is 2.32. The van der Waals surface area contributed by atoms with Gasteiger partial charge in [0.2, 0.25) is 0 Å². The molecule has 0 aliphatic carbocycles. The average molecular weight is 397 g/mol. The van der Waals surface area contributed by atoms with E-state index < -0.39 is 37.0 Å². The first-order valence-electron chi connectivity index (χ1n) is 8.15. The van der Waals surface area contributed by atoms with Crippen LogP contribution in [-0.4, -0.2) is 69.5 Å². The minimum Gasteiger partial charge on any atom is -0.493 e. The fourth-order valence-electron chi connectivity index (χ4n) is 2.80. The normalized spacial score (nSPS) is 16.9. The van der Waals surface area contributed by atoms with Gasteiger partial charge in [-0.15, -0.1) is 0 Å². The Bertz CT molecular complexity index is 636. The standard InChI is InChI=1S/C16H20F5N3O3/c1-26-11-4-2-3-10(13(11)27-15(17)18)14(25)23-9-12(16(19,20)21)24-7-5-22-6-8-24/h2-4,12,15,22H,5-9H2,1H3,(H,23,25). The molecule has 1 aromatic rings. The fourth-order valence-corrected chi connectivity index (χ4v) is 2.80. The van der Waals surface area contributed by atoms with Gasteiger partial charge in [0, 0.05) is 32.7 Å². The zero-order valence-corrected chi connectivity index (χ0v) is 14.5. The maximum absolute atomic E-state index is 13.4. The van der Waals surface area contributed by atoms with Crippen molar-refractivity contribution in [3.63, 3.8) is 0 Å². The lowest BCUT2D eigenvalue weighted by Gasteiger charge is -2.35. The summed E-state index contributed by atoms with van der Waals surface area (Å²) in [5.74, 6) is -1.62. The SMILES string of the molecule is COc1cccc(C(=O)NCC(N2CCNCC2)C(F)(F)F)c1OC(F)F. The van der Waals surface area contributed by atoms with Gasteiger partial charge in [-0.3, -0.25) is 9.69 Å². The Morgan fingerprint density at radius 2 is 1.96 bits per heavy atom. The third kappa shape index (κ3) is 5.67. The third-order valence-corrected chi connectivity index (χ3v) is 4.08. The maximum Gasteiger partial charge on any atom is 0.405 e. The van der Waals surface area contributed by atoms with Crippen LogP contribution in [0.1, 0.15) is 10.4 Å². The van der Waals surface area contributed by atoms with Crippen LogP contribution < -0.4 is 20.1 Å². The summed E-state index contributed by atoms with van der Waals surface area (Å²) in [4.78, 5) is 13.6. The molecule has 11 heteroatoms. The molecule has 2 N–H and O–H groups in total. The summed E-state index contributed by atoms with van der Waals surface area (Å²) in [6, 6.07) is 1.94. The molecule has 27 heavy (non-hydrogen) atoms. The second kappa shape index (κ2) is 9.18. The van der Waals surface area contributed by atoms with E-state index in [0.717, 1.165) is 0 Å². The average Bonchev–Trinajstić information content (AvgIpc) is 2.61. The lowest BCUT2D eigenvalue weighted by molar-refractivity contribution is -0.183. The molecule has 1 saturated heterocycles. The molecule has 0 spiro atoms. The molecule has 0 radical (unpaired) electrons. The Kier molecular flexibility index (Phi) is 7.19. The van der Waals surface area contributed by atoms with Crippen LogP contribution in [0.3, 0.4) is 0 Å². The van der Waals surface area contributed by atoms with E-state index in [4.69, 9.17) is 4.74 Å². The number of piperazine rings is 1. The van der Waals surface area contributed by atoms with E-state index in [1.807, 2.05) is 0 Å². The number of nitrogens with one attached hydrogen (secondary N) is 2. The summed E-state index contributed by atoms with van der Waals surface area (Å²) in [5, 5.41) is 5.12. The van der Waals surface area contributed by atoms with E-state index in [1.54, 1.807) is 0 Å². The number of benzene rings is 1. The number of carbonyl (C=O) groups is 1. The summed E-state index contributed by atoms with van der Waals surface area (Å²) in [6.45, 7) is -2.77. The number of amides is 1. The molecule has 1 aliphatic rings. The quantitative estimate of drug-likeness (QED) is 0.688. The number of para-hydroxylation sites is 1. The first-order valence-corrected chi connectivity index (χ1v) is 8.15. The van der Waals surface area contributed by atoms with E-state index in [9.17, 15) is 26.7 Å². The highest BCUT2D eigenvalue weighted by atomic mass is 19.4. The van der Waals surface area contributed by atoms with Crippen LogP contribution in [0.2, 0.25) is 0 Å². The molecule has 1 amide bonds. The number of hydrogen-bond acceptors (Lipinski definition) is 5. The molecular formula is C16H20F5N3O3. The van der Waals surface area contributed by atoms with E-state index in [1.165, 1.54) is 30.2 Å². The van der Waals surface area contributed by atoms with E-state index in [2.05, 4.69) is 15.4 Å². The van der Waals surface area contributed by atoms with Gasteiger partial charge in [0.25, 0.3) is 5.91 Å². The second-order valence-electron chi connectivity index (χ2n) is 5.77. The van der Waals surface area contributed by atoms with Gasteiger partial charge >= 0.3 is 12.8 Å². The molecule has 152 valence electrons. The number of halogens is 5. The number of ether oxygens (including phenoxy) is 2. The number of nitrogens with zero attached hydrogens (tertiary/aromatic N) is 1. The van der Waals surface area contributed by atoms with Crippen LogP contribution >= 0.6 is 0 Å². The lowest BCUT2D eigenvalue weighted by Crippen LogP contribution is -2.57. The van der Waals surface area contributed by atoms with Crippen molar-refractivity contribution < 1.29 is 36.2 Å². The van der Waals surface area contributed by atoms with Crippen molar-refractivity contribution >= 4 is 5.91 Å². The van der Waals surface area contributed by atoms with Crippen molar-refractivity contribution in [1.29, 1.82) is 0 Å². The number of hydrogen-bond donors (Lipinski definition) is 2. The Morgan fingerprint density at radius 3 is 2.52 bits per heavy atom. The molecule has 1 heterocycles. The highest BCUT2D eigenvalue weighted by molar-refractivity contribution is 5.97. The topological polar surface area (TPSA) is 62.8 Å². The minimum absolute atomic E-state index is 0.127. The molecule has 1 fully saturated rings. The van der Waals surface area contributed by atoms with Gasteiger partial charge in [0.15, 0.2) is 11.5 Å². The van der Waals surface area contributed by atoms with Gasteiger partial charge in [-0.1, -0.05) is 6.07 Å². The maximum atomic E-state index is 13.4. The van der Waals surface area contributed by atoms with Crippen molar-refractivity contribution in [3.8, 4) is 11.5 Å². The van der Waals surface area contributed by atoms with Gasteiger partial charge in [0.1, 0.15) is 6.04 Å². The third-order valence-electron chi connectivity index (χ3n) is 4.08. The Balaban J connectivity index is 2.15. The van der Waals surface area contributed by atoms with Crippen molar-refractivity contribution in [2.24, 2.45) is 0 Å². The van der Waals surface area contributed by atoms with Crippen LogP contribution in [0.25, 0.3) is 0 Å². The first kappa shape index (κ1) is 21.2. The molecule has 2 rings (SSSR count). The van der Waals surface area contributed by atoms with Gasteiger partial charge in [-0.25, -0.2) is 0 Å². The van der Waals surface area contributed by atoms with E-state index in [0.29, 0.717) is 13.1 Å². The van der Waals surface area contributed by atoms with Gasteiger partial charge < -0.3 is 20.1 Å². The molecule has 0 saturated carbocycles. The highest BCUT2D eigenvalue weighted by Gasteiger charge is 2.44. The smallest absolute Gasteiger partial charge is 0.405 e. The van der Waals surface area contributed by atoms with Crippen LogP contribution in [0.15, 0.2) is 18.2 Å². The van der Waals surface area contributed by atoms with Gasteiger partial charge in [0.05, 0.1) is 12.7 Å². The zero-order valence-electron chi connectivity index (χ0n) is 14.5. The van der Waals surface area contributed by atoms with Crippen molar-refractivity contribution in [1.82, 2.24) is 15.5 Å². The van der Waals surface area contributed by atoms with Crippen LogP contribution in [0.4, 0.5) is 22.0 Å². The Labute approximate surface area is 152 Å². The predicted octanol–water partition coefficient (Wildman–Crippen LogP) is 1.86. The molecule has 1 atom stereocenters. The summed E-state index contributed by atoms with van der Waals surface area (Å²) in [5.41, 5.74) is -0.337. The van der Waals surface area contributed by atoms with Crippen LogP contribution in [0, 0.1) is 0 Å². The second-order valence-corrected chi connectivity index (χ2v) is 5.77. The summed E-state index contributed by atoms with van der Waals surface area (Å²) in [6.07, 6.45) is -4.55. The number of alkyl halides is 5. The van der Waals surface area contributed by atoms with E-state index in [-0.39, 0.29) is 24.4 Å². The molecule has 1 aliphatic heterocycles. The Hall–Kier alpha value is -2.14. The molecule has 1 aromatic carbocycles. The fraction of sp³-hybridized carbons (Fsp3) is 0.562. The molecule has 0 bridgehead atoms. The summed E-state index contributed by atoms with van der Waals surface area (Å²) >= 11 is 0. The summed E-state index contributed by atoms with van der Waals surface area (Å²) < 4.78 is 74.6. The minimum atomic E-state index is -4.55. The molecule has 6 nitrogen and oxygen atoms in total. The van der Waals surface area contributed by atoms with Gasteiger partial charge in [-0.05, 0) is 12.1 Å². The molecule has 0 aromatic heterocycles.